The largest absolute Gasteiger partial charge is 0.323 e. The fourth-order valence-corrected chi connectivity index (χ4v) is 1.72. The predicted molar refractivity (Wildman–Crippen MR) is 72.9 cm³/mol. The van der Waals surface area contributed by atoms with E-state index in [1.54, 1.807) is 36.4 Å². The average molecular weight is 259 g/mol. The first-order chi connectivity index (χ1) is 8.72. The number of nitrogens with two attached hydrogens (primary N) is 1. The van der Waals surface area contributed by atoms with Gasteiger partial charge in [-0.3, -0.25) is 4.79 Å². The molecule has 4 heteroatoms. The van der Waals surface area contributed by atoms with Gasteiger partial charge < -0.3 is 5.84 Å². The number of benzene rings is 2. The molecule has 2 aromatic rings. The third-order valence-corrected chi connectivity index (χ3v) is 2.75. The van der Waals surface area contributed by atoms with Crippen LogP contribution in [0.3, 0.4) is 0 Å². The predicted octanol–water partition coefficient (Wildman–Crippen LogP) is 2.89. The number of halogens is 1. The maximum Gasteiger partial charge on any atom is 0.213 e. The summed E-state index contributed by atoms with van der Waals surface area (Å²) in [6, 6.07) is 15.7. The monoisotopic (exact) mass is 258 g/mol. The first kappa shape index (κ1) is 12.3. The summed E-state index contributed by atoms with van der Waals surface area (Å²) >= 11 is 5.78. The molecule has 2 N–H and O–H groups in total. The quantitative estimate of drug-likeness (QED) is 0.398. The lowest BCUT2D eigenvalue weighted by molar-refractivity contribution is 0.106. The number of ketones is 1. The molecule has 0 unspecified atom stereocenters. The highest BCUT2D eigenvalue weighted by atomic mass is 35.5. The van der Waals surface area contributed by atoms with Gasteiger partial charge in [0.05, 0.1) is 0 Å². The van der Waals surface area contributed by atoms with E-state index in [1.807, 2.05) is 18.2 Å². The van der Waals surface area contributed by atoms with Gasteiger partial charge in [-0.1, -0.05) is 41.9 Å². The van der Waals surface area contributed by atoms with Crippen LogP contribution >= 0.6 is 11.6 Å². The van der Waals surface area contributed by atoms with Gasteiger partial charge in [0, 0.05) is 16.1 Å². The first-order valence-electron chi connectivity index (χ1n) is 5.36. The third kappa shape index (κ3) is 2.57. The van der Waals surface area contributed by atoms with Crippen LogP contribution < -0.4 is 5.84 Å². The van der Waals surface area contributed by atoms with Crippen LogP contribution in [0.5, 0.6) is 0 Å². The average Bonchev–Trinajstić information content (AvgIpc) is 2.41. The summed E-state index contributed by atoms with van der Waals surface area (Å²) in [5.74, 6) is 5.09. The molecule has 3 nitrogen and oxygen atoms in total. The van der Waals surface area contributed by atoms with Crippen molar-refractivity contribution in [1.82, 2.24) is 0 Å². The van der Waals surface area contributed by atoms with Crippen LogP contribution in [0.15, 0.2) is 59.7 Å². The molecule has 0 atom stereocenters. The molecule has 0 aliphatic rings. The number of Topliss-reactive ketones (excluding diaryl/α,β-unsaturated/α-hetero) is 1. The van der Waals surface area contributed by atoms with Gasteiger partial charge in [-0.25, -0.2) is 0 Å². The molecule has 0 saturated carbocycles. The van der Waals surface area contributed by atoms with Gasteiger partial charge in [0.1, 0.15) is 5.71 Å². The van der Waals surface area contributed by atoms with Crippen molar-refractivity contribution in [2.24, 2.45) is 10.9 Å². The molecule has 0 spiro atoms. The van der Waals surface area contributed by atoms with Gasteiger partial charge in [-0.2, -0.15) is 5.10 Å². The number of nitrogens with zero attached hydrogens (tertiary/aromatic N) is 1. The fraction of sp³-hybridized carbons (Fsp3) is 0. The van der Waals surface area contributed by atoms with E-state index >= 15 is 0 Å². The van der Waals surface area contributed by atoms with Crippen LogP contribution in [0.2, 0.25) is 5.02 Å². The summed E-state index contributed by atoms with van der Waals surface area (Å²) in [5.41, 5.74) is 1.44. The molecule has 0 fully saturated rings. The highest BCUT2D eigenvalue weighted by molar-refractivity contribution is 6.51. The van der Waals surface area contributed by atoms with Gasteiger partial charge in [0.25, 0.3) is 0 Å². The van der Waals surface area contributed by atoms with Crippen molar-refractivity contribution in [2.75, 3.05) is 0 Å². The molecule has 90 valence electrons. The van der Waals surface area contributed by atoms with Gasteiger partial charge >= 0.3 is 0 Å². The number of hydrogen-bond donors (Lipinski definition) is 1. The highest BCUT2D eigenvalue weighted by Crippen LogP contribution is 2.12. The molecular weight excluding hydrogens is 248 g/mol. The van der Waals surface area contributed by atoms with Crippen molar-refractivity contribution in [3.63, 3.8) is 0 Å². The second-order valence-corrected chi connectivity index (χ2v) is 4.12. The van der Waals surface area contributed by atoms with E-state index in [0.717, 1.165) is 0 Å². The summed E-state index contributed by atoms with van der Waals surface area (Å²) < 4.78 is 0. The Morgan fingerprint density at radius 2 is 1.56 bits per heavy atom. The number of carbonyl (C=O) groups excluding carboxylic acids is 1. The summed E-state index contributed by atoms with van der Waals surface area (Å²) in [6.07, 6.45) is 0. The van der Waals surface area contributed by atoms with Crippen molar-refractivity contribution in [3.8, 4) is 0 Å². The standard InChI is InChI=1S/C14H11ClN2O/c15-12-8-6-11(7-9-12)14(18)13(17-16)10-4-2-1-3-5-10/h1-9H,16H2/b17-13-. The molecule has 0 heterocycles. The van der Waals surface area contributed by atoms with Crippen molar-refractivity contribution in [3.05, 3.63) is 70.7 Å². The number of carbonyl (C=O) groups is 1. The van der Waals surface area contributed by atoms with Gasteiger partial charge in [0.15, 0.2) is 0 Å². The third-order valence-electron chi connectivity index (χ3n) is 2.50. The van der Waals surface area contributed by atoms with E-state index in [2.05, 4.69) is 5.10 Å². The molecule has 0 saturated heterocycles. The zero-order valence-corrected chi connectivity index (χ0v) is 10.3. The Morgan fingerprint density at radius 3 is 2.11 bits per heavy atom. The molecule has 0 amide bonds. The van der Waals surface area contributed by atoms with Crippen molar-refractivity contribution < 1.29 is 4.79 Å². The Hall–Kier alpha value is -2.13. The lowest BCUT2D eigenvalue weighted by Gasteiger charge is -2.04. The van der Waals surface area contributed by atoms with Crippen molar-refractivity contribution in [1.29, 1.82) is 0 Å². The maximum atomic E-state index is 12.2. The van der Waals surface area contributed by atoms with Crippen LogP contribution in [0, 0.1) is 0 Å². The summed E-state index contributed by atoms with van der Waals surface area (Å²) in [4.78, 5) is 12.2. The van der Waals surface area contributed by atoms with Gasteiger partial charge in [0.2, 0.25) is 5.78 Å². The van der Waals surface area contributed by atoms with Crippen molar-refractivity contribution >= 4 is 23.1 Å². The van der Waals surface area contributed by atoms with E-state index in [1.165, 1.54) is 0 Å². The second kappa shape index (κ2) is 5.47. The lowest BCUT2D eigenvalue weighted by Crippen LogP contribution is -2.17. The zero-order valence-electron chi connectivity index (χ0n) is 9.51. The van der Waals surface area contributed by atoms with E-state index in [9.17, 15) is 4.79 Å². The van der Waals surface area contributed by atoms with E-state index < -0.39 is 0 Å². The van der Waals surface area contributed by atoms with E-state index in [0.29, 0.717) is 16.1 Å². The number of hydrogen-bond acceptors (Lipinski definition) is 3. The van der Waals surface area contributed by atoms with Gasteiger partial charge in [-0.15, -0.1) is 0 Å². The minimum absolute atomic E-state index is 0.222. The smallest absolute Gasteiger partial charge is 0.213 e. The minimum atomic E-state index is -0.222. The Balaban J connectivity index is 2.35. The van der Waals surface area contributed by atoms with Gasteiger partial charge in [-0.05, 0) is 24.3 Å². The molecule has 0 bridgehead atoms. The van der Waals surface area contributed by atoms with E-state index in [-0.39, 0.29) is 11.5 Å². The summed E-state index contributed by atoms with van der Waals surface area (Å²) in [6.45, 7) is 0. The molecule has 2 aromatic carbocycles. The SMILES string of the molecule is N/N=C(\C(=O)c1ccc(Cl)cc1)c1ccccc1. The number of hydrazone groups is 1. The molecule has 18 heavy (non-hydrogen) atoms. The highest BCUT2D eigenvalue weighted by Gasteiger charge is 2.15. The number of rotatable bonds is 3. The van der Waals surface area contributed by atoms with E-state index in [4.69, 9.17) is 17.4 Å². The second-order valence-electron chi connectivity index (χ2n) is 3.68. The molecule has 2 rings (SSSR count). The topological polar surface area (TPSA) is 55.4 Å². The molecule has 0 aliphatic carbocycles. The molecule has 0 aromatic heterocycles. The summed E-state index contributed by atoms with van der Waals surface area (Å²) in [5, 5.41) is 4.17. The first-order valence-corrected chi connectivity index (χ1v) is 5.73. The normalized spacial score (nSPS) is 11.3. The summed E-state index contributed by atoms with van der Waals surface area (Å²) in [7, 11) is 0. The fourth-order valence-electron chi connectivity index (χ4n) is 1.60. The molecule has 0 aliphatic heterocycles. The molecular formula is C14H11ClN2O. The van der Waals surface area contributed by atoms with Crippen LogP contribution in [-0.4, -0.2) is 11.5 Å². The van der Waals surface area contributed by atoms with Crippen LogP contribution in [0.1, 0.15) is 15.9 Å². The Morgan fingerprint density at radius 1 is 0.944 bits per heavy atom. The zero-order chi connectivity index (χ0) is 13.0. The maximum absolute atomic E-state index is 12.2. The van der Waals surface area contributed by atoms with Crippen molar-refractivity contribution in [2.45, 2.75) is 0 Å². The van der Waals surface area contributed by atoms with Crippen LogP contribution in [0.25, 0.3) is 0 Å². The minimum Gasteiger partial charge on any atom is -0.323 e. The Kier molecular flexibility index (Phi) is 3.75. The molecule has 0 radical (unpaired) electrons. The van der Waals surface area contributed by atoms with Crippen LogP contribution in [0.4, 0.5) is 0 Å². The Labute approximate surface area is 110 Å². The van der Waals surface area contributed by atoms with Crippen LogP contribution in [-0.2, 0) is 0 Å². The lowest BCUT2D eigenvalue weighted by atomic mass is 10.0. The Bertz CT molecular complexity index is 577.